The highest BCUT2D eigenvalue weighted by Crippen LogP contribution is 2.38. The Labute approximate surface area is 126 Å². The number of carbonyl (C=O) groups is 1. The van der Waals surface area contributed by atoms with Gasteiger partial charge < -0.3 is 10.6 Å². The largest absolute Gasteiger partial charge is 0.355 e. The van der Waals surface area contributed by atoms with Gasteiger partial charge in [-0.2, -0.15) is 0 Å². The lowest BCUT2D eigenvalue weighted by Gasteiger charge is -2.33. The Bertz CT molecular complexity index is 491. The van der Waals surface area contributed by atoms with Crippen molar-refractivity contribution in [1.82, 2.24) is 15.5 Å². The van der Waals surface area contributed by atoms with Gasteiger partial charge in [-0.25, -0.2) is 0 Å². The smallest absolute Gasteiger partial charge is 0.251 e. The van der Waals surface area contributed by atoms with Crippen LogP contribution in [0.25, 0.3) is 0 Å². The van der Waals surface area contributed by atoms with Crippen LogP contribution in [0.4, 0.5) is 0 Å². The van der Waals surface area contributed by atoms with E-state index < -0.39 is 0 Å². The molecule has 1 aromatic rings. The second-order valence-electron chi connectivity index (χ2n) is 6.49. The maximum atomic E-state index is 11.5. The number of benzene rings is 1. The first-order chi connectivity index (χ1) is 10.2. The summed E-state index contributed by atoms with van der Waals surface area (Å²) in [5, 5.41) is 6.12. The van der Waals surface area contributed by atoms with Gasteiger partial charge in [-0.15, -0.1) is 0 Å². The zero-order valence-electron chi connectivity index (χ0n) is 12.8. The van der Waals surface area contributed by atoms with E-state index >= 15 is 0 Å². The zero-order valence-corrected chi connectivity index (χ0v) is 12.8. The number of nitrogens with one attached hydrogen (secondary N) is 2. The number of likely N-dealkylation sites (tertiary alicyclic amines) is 1. The Morgan fingerprint density at radius 1 is 1.24 bits per heavy atom. The summed E-state index contributed by atoms with van der Waals surface area (Å²) in [7, 11) is 1.67. The summed E-state index contributed by atoms with van der Waals surface area (Å²) in [6.45, 7) is 5.79. The molecule has 0 radical (unpaired) electrons. The van der Waals surface area contributed by atoms with Crippen molar-refractivity contribution < 1.29 is 4.79 Å². The fraction of sp³-hybridized carbons (Fsp3) is 0.588. The summed E-state index contributed by atoms with van der Waals surface area (Å²) in [5.41, 5.74) is 2.60. The van der Waals surface area contributed by atoms with Gasteiger partial charge in [-0.1, -0.05) is 12.1 Å². The third kappa shape index (κ3) is 3.27. The average Bonchev–Trinajstić information content (AvgIpc) is 2.90. The Morgan fingerprint density at radius 3 is 2.62 bits per heavy atom. The number of amides is 1. The predicted molar refractivity (Wildman–Crippen MR) is 84.3 cm³/mol. The third-order valence-corrected chi connectivity index (χ3v) is 5.03. The molecule has 0 bridgehead atoms. The van der Waals surface area contributed by atoms with Gasteiger partial charge in [0.2, 0.25) is 0 Å². The predicted octanol–water partition coefficient (Wildman–Crippen LogP) is 1.62. The molecule has 2 N–H and O–H groups in total. The summed E-state index contributed by atoms with van der Waals surface area (Å²) < 4.78 is 0. The van der Waals surface area contributed by atoms with E-state index in [1.54, 1.807) is 7.05 Å². The molecule has 0 aliphatic carbocycles. The normalized spacial score (nSPS) is 21.6. The van der Waals surface area contributed by atoms with E-state index in [0.717, 1.165) is 12.1 Å². The van der Waals surface area contributed by atoms with Crippen LogP contribution in [-0.2, 0) is 6.54 Å². The maximum Gasteiger partial charge on any atom is 0.251 e. The van der Waals surface area contributed by atoms with Crippen LogP contribution < -0.4 is 10.6 Å². The lowest BCUT2D eigenvalue weighted by Crippen LogP contribution is -2.38. The number of nitrogens with zero attached hydrogens (tertiary/aromatic N) is 1. The summed E-state index contributed by atoms with van der Waals surface area (Å²) >= 11 is 0. The summed E-state index contributed by atoms with van der Waals surface area (Å²) in [6.07, 6.45) is 3.98. The highest BCUT2D eigenvalue weighted by molar-refractivity contribution is 5.93. The van der Waals surface area contributed by atoms with Crippen LogP contribution in [0.3, 0.4) is 0 Å². The number of rotatable bonds is 3. The van der Waals surface area contributed by atoms with Crippen molar-refractivity contribution in [2.45, 2.75) is 25.8 Å². The molecule has 0 aromatic heterocycles. The van der Waals surface area contributed by atoms with Crippen LogP contribution in [0.2, 0.25) is 0 Å². The summed E-state index contributed by atoms with van der Waals surface area (Å²) in [6, 6.07) is 8.01. The zero-order chi connectivity index (χ0) is 14.7. The number of piperidine rings is 1. The lowest BCUT2D eigenvalue weighted by molar-refractivity contribution is 0.0963. The molecule has 3 rings (SSSR count). The Balaban J connectivity index is 1.58. The molecule has 0 saturated carbocycles. The van der Waals surface area contributed by atoms with Crippen LogP contribution in [0.5, 0.6) is 0 Å². The van der Waals surface area contributed by atoms with Crippen molar-refractivity contribution in [2.24, 2.45) is 5.41 Å². The fourth-order valence-corrected chi connectivity index (χ4v) is 3.69. The first-order valence-corrected chi connectivity index (χ1v) is 7.95. The standard InChI is InChI=1S/C17H25N3O/c1-18-16(21)15-4-2-14(3-5-15)12-20-11-8-17(13-20)6-9-19-10-7-17/h2-5,19H,6-13H2,1H3,(H,18,21). The number of hydrogen-bond donors (Lipinski definition) is 2. The van der Waals surface area contributed by atoms with Gasteiger partial charge in [0.25, 0.3) is 5.91 Å². The van der Waals surface area contributed by atoms with Gasteiger partial charge in [0, 0.05) is 25.7 Å². The SMILES string of the molecule is CNC(=O)c1ccc(CN2CCC3(CCNCC3)C2)cc1. The molecule has 1 amide bonds. The van der Waals surface area contributed by atoms with Crippen LogP contribution in [0.1, 0.15) is 35.2 Å². The highest BCUT2D eigenvalue weighted by Gasteiger charge is 2.38. The van der Waals surface area contributed by atoms with E-state index in [0.29, 0.717) is 5.41 Å². The highest BCUT2D eigenvalue weighted by atomic mass is 16.1. The van der Waals surface area contributed by atoms with E-state index in [2.05, 4.69) is 27.7 Å². The molecule has 0 atom stereocenters. The van der Waals surface area contributed by atoms with Crippen LogP contribution in [0, 0.1) is 5.41 Å². The molecule has 2 saturated heterocycles. The van der Waals surface area contributed by atoms with Crippen molar-refractivity contribution in [3.05, 3.63) is 35.4 Å². The molecule has 4 heteroatoms. The van der Waals surface area contributed by atoms with E-state index in [9.17, 15) is 4.79 Å². The third-order valence-electron chi connectivity index (χ3n) is 5.03. The maximum absolute atomic E-state index is 11.5. The van der Waals surface area contributed by atoms with E-state index in [1.807, 2.05) is 12.1 Å². The topological polar surface area (TPSA) is 44.4 Å². The molecule has 4 nitrogen and oxygen atoms in total. The Morgan fingerprint density at radius 2 is 1.95 bits per heavy atom. The summed E-state index contributed by atoms with van der Waals surface area (Å²) in [4.78, 5) is 14.1. The minimum Gasteiger partial charge on any atom is -0.355 e. The van der Waals surface area contributed by atoms with E-state index in [-0.39, 0.29) is 5.91 Å². The molecule has 2 fully saturated rings. The molecule has 2 aliphatic rings. The average molecular weight is 287 g/mol. The molecular weight excluding hydrogens is 262 g/mol. The van der Waals surface area contributed by atoms with Gasteiger partial charge in [0.05, 0.1) is 0 Å². The fourth-order valence-electron chi connectivity index (χ4n) is 3.69. The molecule has 0 unspecified atom stereocenters. The number of carbonyl (C=O) groups excluding carboxylic acids is 1. The van der Waals surface area contributed by atoms with Gasteiger partial charge in [-0.05, 0) is 62.0 Å². The number of hydrogen-bond acceptors (Lipinski definition) is 3. The minimum atomic E-state index is -0.0172. The van der Waals surface area contributed by atoms with Gasteiger partial charge in [-0.3, -0.25) is 9.69 Å². The van der Waals surface area contributed by atoms with E-state index in [1.165, 1.54) is 51.0 Å². The molecule has 114 valence electrons. The van der Waals surface area contributed by atoms with Gasteiger partial charge in [0.1, 0.15) is 0 Å². The van der Waals surface area contributed by atoms with Crippen molar-refractivity contribution >= 4 is 5.91 Å². The minimum absolute atomic E-state index is 0.0172. The first kappa shape index (κ1) is 14.5. The molecule has 1 spiro atoms. The molecule has 2 heterocycles. The molecule has 2 aliphatic heterocycles. The second-order valence-corrected chi connectivity index (χ2v) is 6.49. The molecule has 21 heavy (non-hydrogen) atoms. The van der Waals surface area contributed by atoms with Gasteiger partial charge in [0.15, 0.2) is 0 Å². The van der Waals surface area contributed by atoms with Crippen LogP contribution >= 0.6 is 0 Å². The molecule has 1 aromatic carbocycles. The molecular formula is C17H25N3O. The van der Waals surface area contributed by atoms with Gasteiger partial charge >= 0.3 is 0 Å². The van der Waals surface area contributed by atoms with Crippen molar-refractivity contribution in [3.63, 3.8) is 0 Å². The Kier molecular flexibility index (Phi) is 4.27. The summed E-state index contributed by atoms with van der Waals surface area (Å²) in [5.74, 6) is -0.0172. The van der Waals surface area contributed by atoms with E-state index in [4.69, 9.17) is 0 Å². The van der Waals surface area contributed by atoms with Crippen molar-refractivity contribution in [3.8, 4) is 0 Å². The second kappa shape index (κ2) is 6.16. The monoisotopic (exact) mass is 287 g/mol. The van der Waals surface area contributed by atoms with Crippen LogP contribution in [0.15, 0.2) is 24.3 Å². The Hall–Kier alpha value is -1.39. The van der Waals surface area contributed by atoms with Crippen molar-refractivity contribution in [2.75, 3.05) is 33.2 Å². The lowest BCUT2D eigenvalue weighted by atomic mass is 9.78. The van der Waals surface area contributed by atoms with Crippen LogP contribution in [-0.4, -0.2) is 44.0 Å². The quantitative estimate of drug-likeness (QED) is 0.888. The first-order valence-electron chi connectivity index (χ1n) is 7.95. The van der Waals surface area contributed by atoms with Crippen molar-refractivity contribution in [1.29, 1.82) is 0 Å².